The maximum atomic E-state index is 13.7. The van der Waals surface area contributed by atoms with E-state index in [0.29, 0.717) is 12.7 Å². The van der Waals surface area contributed by atoms with E-state index in [0.717, 1.165) is 6.07 Å². The number of rotatable bonds is 4. The summed E-state index contributed by atoms with van der Waals surface area (Å²) >= 11 is 5.78. The van der Waals surface area contributed by atoms with Gasteiger partial charge in [0.1, 0.15) is 17.8 Å². The average Bonchev–Trinajstić information content (AvgIpc) is 2.38. The van der Waals surface area contributed by atoms with Crippen molar-refractivity contribution in [3.05, 3.63) is 35.1 Å². The molecule has 0 saturated heterocycles. The molecule has 8 heteroatoms. The Hall–Kier alpha value is -2.15. The van der Waals surface area contributed by atoms with Gasteiger partial charge in [-0.3, -0.25) is 0 Å². The normalized spacial score (nSPS) is 10.4. The summed E-state index contributed by atoms with van der Waals surface area (Å²) in [6, 6.07) is 1.68. The van der Waals surface area contributed by atoms with E-state index in [2.05, 4.69) is 15.3 Å². The number of nitrogens with one attached hydrogen (secondary N) is 1. The maximum Gasteiger partial charge on any atom is 0.242 e. The van der Waals surface area contributed by atoms with Crippen LogP contribution in [0.3, 0.4) is 0 Å². The van der Waals surface area contributed by atoms with Crippen LogP contribution in [0.4, 0.5) is 26.0 Å². The number of ether oxygens (including phenoxy) is 1. The third kappa shape index (κ3) is 2.88. The van der Waals surface area contributed by atoms with Gasteiger partial charge < -0.3 is 15.8 Å². The molecule has 0 aliphatic carbocycles. The molecule has 0 bridgehead atoms. The third-order valence-corrected chi connectivity index (χ3v) is 2.68. The molecule has 1 heterocycles. The highest BCUT2D eigenvalue weighted by Gasteiger charge is 2.14. The standard InChI is InChI=1S/C12H11ClF2N4O/c1-2-20-12-9(16)11(17-5-18-12)19-10-7(13)3-6(14)4-8(10)15/h3-5H,2,16H2,1H3,(H,17,18,19). The third-order valence-electron chi connectivity index (χ3n) is 2.38. The van der Waals surface area contributed by atoms with Gasteiger partial charge in [0.2, 0.25) is 5.88 Å². The molecule has 0 radical (unpaired) electrons. The van der Waals surface area contributed by atoms with Crippen LogP contribution in [0.5, 0.6) is 5.88 Å². The minimum Gasteiger partial charge on any atom is -0.476 e. The molecule has 0 spiro atoms. The summed E-state index contributed by atoms with van der Waals surface area (Å²) in [5.41, 5.74) is 5.78. The Bertz CT molecular complexity index is 616. The molecule has 3 N–H and O–H groups in total. The first-order chi connectivity index (χ1) is 9.52. The monoisotopic (exact) mass is 300 g/mol. The Morgan fingerprint density at radius 2 is 2.10 bits per heavy atom. The van der Waals surface area contributed by atoms with Crippen LogP contribution in [-0.4, -0.2) is 16.6 Å². The summed E-state index contributed by atoms with van der Waals surface area (Å²) in [6.45, 7) is 2.14. The van der Waals surface area contributed by atoms with Crippen molar-refractivity contribution in [1.82, 2.24) is 9.97 Å². The molecule has 2 rings (SSSR count). The van der Waals surface area contributed by atoms with Gasteiger partial charge in [0.25, 0.3) is 0 Å². The molecule has 5 nitrogen and oxygen atoms in total. The van der Waals surface area contributed by atoms with Crippen molar-refractivity contribution in [1.29, 1.82) is 0 Å². The largest absolute Gasteiger partial charge is 0.476 e. The SMILES string of the molecule is CCOc1ncnc(Nc2c(F)cc(F)cc2Cl)c1N. The molecule has 0 saturated carbocycles. The Morgan fingerprint density at radius 3 is 2.75 bits per heavy atom. The van der Waals surface area contributed by atoms with E-state index < -0.39 is 11.6 Å². The van der Waals surface area contributed by atoms with Gasteiger partial charge in [-0.2, -0.15) is 4.98 Å². The number of nitrogens with two attached hydrogens (primary N) is 1. The highest BCUT2D eigenvalue weighted by Crippen LogP contribution is 2.32. The number of nitrogens with zero attached hydrogens (tertiary/aromatic N) is 2. The van der Waals surface area contributed by atoms with Crippen LogP contribution in [0, 0.1) is 11.6 Å². The predicted molar refractivity (Wildman–Crippen MR) is 72.3 cm³/mol. The van der Waals surface area contributed by atoms with Crippen LogP contribution in [0.25, 0.3) is 0 Å². The molecule has 0 amide bonds. The Morgan fingerprint density at radius 1 is 1.35 bits per heavy atom. The van der Waals surface area contributed by atoms with Crippen molar-refractivity contribution in [3.8, 4) is 5.88 Å². The van der Waals surface area contributed by atoms with E-state index in [1.165, 1.54) is 6.33 Å². The van der Waals surface area contributed by atoms with E-state index in [9.17, 15) is 8.78 Å². The molecular weight excluding hydrogens is 290 g/mol. The molecule has 20 heavy (non-hydrogen) atoms. The van der Waals surface area contributed by atoms with Gasteiger partial charge in [-0.25, -0.2) is 13.8 Å². The summed E-state index contributed by atoms with van der Waals surface area (Å²) in [6.07, 6.45) is 1.21. The van der Waals surface area contributed by atoms with Gasteiger partial charge >= 0.3 is 0 Å². The first-order valence-corrected chi connectivity index (χ1v) is 6.05. The van der Waals surface area contributed by atoms with E-state index in [1.54, 1.807) is 6.92 Å². The van der Waals surface area contributed by atoms with Crippen LogP contribution in [-0.2, 0) is 0 Å². The quantitative estimate of drug-likeness (QED) is 0.907. The number of halogens is 3. The van der Waals surface area contributed by atoms with Gasteiger partial charge in [-0.15, -0.1) is 0 Å². The molecule has 2 aromatic rings. The molecule has 1 aromatic heterocycles. The maximum absolute atomic E-state index is 13.7. The average molecular weight is 301 g/mol. The van der Waals surface area contributed by atoms with Crippen LogP contribution in [0.15, 0.2) is 18.5 Å². The number of nitrogen functional groups attached to an aromatic ring is 1. The van der Waals surface area contributed by atoms with Crippen LogP contribution >= 0.6 is 11.6 Å². The fourth-order valence-corrected chi connectivity index (χ4v) is 1.75. The molecular formula is C12H11ClF2N4O. The fourth-order valence-electron chi connectivity index (χ4n) is 1.51. The van der Waals surface area contributed by atoms with Crippen LogP contribution in [0.1, 0.15) is 6.92 Å². The number of aromatic nitrogens is 2. The van der Waals surface area contributed by atoms with Gasteiger partial charge in [-0.1, -0.05) is 11.6 Å². The Balaban J connectivity index is 2.38. The second-order valence-electron chi connectivity index (χ2n) is 3.74. The van der Waals surface area contributed by atoms with Crippen molar-refractivity contribution in [3.63, 3.8) is 0 Å². The zero-order chi connectivity index (χ0) is 14.7. The second kappa shape index (κ2) is 5.87. The molecule has 0 aliphatic heterocycles. The van der Waals surface area contributed by atoms with Gasteiger partial charge in [0, 0.05) is 6.07 Å². The lowest BCUT2D eigenvalue weighted by Gasteiger charge is -2.12. The lowest BCUT2D eigenvalue weighted by atomic mass is 10.3. The summed E-state index contributed by atoms with van der Waals surface area (Å²) < 4.78 is 31.8. The van der Waals surface area contributed by atoms with Crippen LogP contribution in [0.2, 0.25) is 5.02 Å². The van der Waals surface area contributed by atoms with Gasteiger partial charge in [0.15, 0.2) is 11.6 Å². The number of hydrogen-bond donors (Lipinski definition) is 2. The number of hydrogen-bond acceptors (Lipinski definition) is 5. The Kier molecular flexibility index (Phi) is 4.19. The lowest BCUT2D eigenvalue weighted by Crippen LogP contribution is -2.06. The van der Waals surface area contributed by atoms with E-state index in [-0.39, 0.29) is 28.1 Å². The molecule has 1 aromatic carbocycles. The molecule has 0 aliphatic rings. The predicted octanol–water partition coefficient (Wildman–Crippen LogP) is 3.13. The zero-order valence-corrected chi connectivity index (χ0v) is 11.2. The smallest absolute Gasteiger partial charge is 0.242 e. The van der Waals surface area contributed by atoms with Crippen molar-refractivity contribution < 1.29 is 13.5 Å². The molecule has 0 unspecified atom stereocenters. The van der Waals surface area contributed by atoms with E-state index in [4.69, 9.17) is 22.1 Å². The molecule has 0 fully saturated rings. The fraction of sp³-hybridized carbons (Fsp3) is 0.167. The van der Waals surface area contributed by atoms with Gasteiger partial charge in [-0.05, 0) is 13.0 Å². The van der Waals surface area contributed by atoms with E-state index in [1.807, 2.05) is 0 Å². The minimum atomic E-state index is -0.856. The van der Waals surface area contributed by atoms with Gasteiger partial charge in [0.05, 0.1) is 17.3 Å². The molecule has 0 atom stereocenters. The number of anilines is 3. The first-order valence-electron chi connectivity index (χ1n) is 5.67. The summed E-state index contributed by atoms with van der Waals surface area (Å²) in [5.74, 6) is -1.34. The number of benzene rings is 1. The molecule has 106 valence electrons. The van der Waals surface area contributed by atoms with Crippen LogP contribution < -0.4 is 15.8 Å². The lowest BCUT2D eigenvalue weighted by molar-refractivity contribution is 0.328. The summed E-state index contributed by atoms with van der Waals surface area (Å²) in [4.78, 5) is 7.72. The topological polar surface area (TPSA) is 73.1 Å². The summed E-state index contributed by atoms with van der Waals surface area (Å²) in [7, 11) is 0. The summed E-state index contributed by atoms with van der Waals surface area (Å²) in [5, 5.41) is 2.48. The zero-order valence-electron chi connectivity index (χ0n) is 10.5. The minimum absolute atomic E-state index is 0.106. The first kappa shape index (κ1) is 14.3. The highest BCUT2D eigenvalue weighted by molar-refractivity contribution is 6.33. The second-order valence-corrected chi connectivity index (χ2v) is 4.15. The van der Waals surface area contributed by atoms with Crippen molar-refractivity contribution in [2.75, 3.05) is 17.7 Å². The van der Waals surface area contributed by atoms with E-state index >= 15 is 0 Å². The van der Waals surface area contributed by atoms with Crippen molar-refractivity contribution >= 4 is 28.8 Å². The van der Waals surface area contributed by atoms with Crippen molar-refractivity contribution in [2.45, 2.75) is 6.92 Å². The Labute approximate surface area is 118 Å². The van der Waals surface area contributed by atoms with Crippen molar-refractivity contribution in [2.24, 2.45) is 0 Å². The highest BCUT2D eigenvalue weighted by atomic mass is 35.5.